The third-order valence-corrected chi connectivity index (χ3v) is 0. The van der Waals surface area contributed by atoms with Gasteiger partial charge in [0, 0.05) is 46.2 Å². The second-order valence-corrected chi connectivity index (χ2v) is 2.21. The Hall–Kier alpha value is -0.280. The summed E-state index contributed by atoms with van der Waals surface area (Å²) >= 11 is 0. The van der Waals surface area contributed by atoms with Gasteiger partial charge in [-0.3, -0.25) is 0 Å². The molecule has 0 fully saturated rings. The van der Waals surface area contributed by atoms with Crippen LogP contribution < -0.4 is 0 Å². The summed E-state index contributed by atoms with van der Waals surface area (Å²) < 4.78 is 0. The first kappa shape index (κ1) is 42.8. The normalized spacial score (nSPS) is 6.00. The molecular formula is C14H42O7. The molecule has 0 saturated carbocycles. The Morgan fingerprint density at radius 2 is 0.286 bits per heavy atom. The van der Waals surface area contributed by atoms with E-state index in [2.05, 4.69) is 0 Å². The van der Waals surface area contributed by atoms with E-state index in [0.717, 1.165) is 0 Å². The molecule has 7 heteroatoms. The molecule has 21 heavy (non-hydrogen) atoms. The van der Waals surface area contributed by atoms with Crippen molar-refractivity contribution in [2.24, 2.45) is 0 Å². The summed E-state index contributed by atoms with van der Waals surface area (Å²) in [5.74, 6) is 0. The van der Waals surface area contributed by atoms with Gasteiger partial charge in [-0.1, -0.05) is 0 Å². The molecule has 7 nitrogen and oxygen atoms in total. The molecule has 0 amide bonds. The molecule has 0 aliphatic carbocycles. The molecule has 140 valence electrons. The predicted molar refractivity (Wildman–Crippen MR) is 89.3 cm³/mol. The average Bonchev–Trinajstić information content (AvgIpc) is 2.35. The van der Waals surface area contributed by atoms with Crippen molar-refractivity contribution < 1.29 is 35.7 Å². The van der Waals surface area contributed by atoms with E-state index < -0.39 is 0 Å². The molecule has 0 saturated heterocycles. The maximum atomic E-state index is 7.57. The van der Waals surface area contributed by atoms with Gasteiger partial charge in [0.15, 0.2) is 0 Å². The van der Waals surface area contributed by atoms with Crippen LogP contribution in [-0.4, -0.2) is 82.0 Å². The van der Waals surface area contributed by atoms with Crippen LogP contribution in [0.5, 0.6) is 0 Å². The Morgan fingerprint density at radius 3 is 0.286 bits per heavy atom. The molecule has 7 N–H and O–H groups in total. The maximum absolute atomic E-state index is 7.57. The fourth-order valence-corrected chi connectivity index (χ4v) is 0. The van der Waals surface area contributed by atoms with Crippen LogP contribution in [-0.2, 0) is 0 Å². The summed E-state index contributed by atoms with van der Waals surface area (Å²) in [5.41, 5.74) is 0. The lowest BCUT2D eigenvalue weighted by molar-refractivity contribution is 0.318. The minimum Gasteiger partial charge on any atom is -0.397 e. The van der Waals surface area contributed by atoms with Gasteiger partial charge < -0.3 is 35.7 Å². The molecule has 0 aromatic heterocycles. The fourth-order valence-electron chi connectivity index (χ4n) is 0. The zero-order valence-corrected chi connectivity index (χ0v) is 15.1. The zero-order valence-electron chi connectivity index (χ0n) is 15.1. The third-order valence-electron chi connectivity index (χ3n) is 0. The molecule has 0 aromatic rings. The molecule has 0 atom stereocenters. The van der Waals surface area contributed by atoms with Gasteiger partial charge in [-0.15, -0.1) is 0 Å². The largest absolute Gasteiger partial charge is 0.397 e. The topological polar surface area (TPSA) is 142 Å². The molecule has 0 bridgehead atoms. The summed E-state index contributed by atoms with van der Waals surface area (Å²) in [6.45, 7) is 13.5. The number of aliphatic hydroxyl groups excluding tert-OH is 7. The van der Waals surface area contributed by atoms with Crippen molar-refractivity contribution in [2.75, 3.05) is 46.2 Å². The van der Waals surface area contributed by atoms with E-state index in [9.17, 15) is 0 Å². The van der Waals surface area contributed by atoms with E-state index in [0.29, 0.717) is 0 Å². The van der Waals surface area contributed by atoms with Gasteiger partial charge in [0.25, 0.3) is 0 Å². The highest BCUT2D eigenvalue weighted by molar-refractivity contribution is 3.85. The fraction of sp³-hybridized carbons (Fsp3) is 1.00. The molecule has 0 rings (SSSR count). The summed E-state index contributed by atoms with van der Waals surface area (Å²) in [5, 5.41) is 53.0. The van der Waals surface area contributed by atoms with Gasteiger partial charge in [-0.25, -0.2) is 0 Å². The highest BCUT2D eigenvalue weighted by atomic mass is 16.3. The second-order valence-electron chi connectivity index (χ2n) is 2.21. The van der Waals surface area contributed by atoms with Crippen molar-refractivity contribution in [3.63, 3.8) is 0 Å². The highest BCUT2D eigenvalue weighted by Gasteiger charge is 1.36. The van der Waals surface area contributed by atoms with E-state index in [1.165, 1.54) is 0 Å². The van der Waals surface area contributed by atoms with Crippen LogP contribution in [0, 0.1) is 0 Å². The standard InChI is InChI=1S/7C2H6O/c7*1-2-3/h7*3H,2H2,1H3. The molecule has 0 aliphatic rings. The van der Waals surface area contributed by atoms with Crippen LogP contribution >= 0.6 is 0 Å². The van der Waals surface area contributed by atoms with Crippen LogP contribution in [0.4, 0.5) is 0 Å². The minimum atomic E-state index is 0.250. The Morgan fingerprint density at radius 1 is 0.286 bits per heavy atom. The van der Waals surface area contributed by atoms with E-state index in [1.54, 1.807) is 48.5 Å². The average molecular weight is 322 g/mol. The zero-order chi connectivity index (χ0) is 18.9. The Bertz CT molecular complexity index is 38.9. The van der Waals surface area contributed by atoms with Crippen molar-refractivity contribution in [1.29, 1.82) is 0 Å². The first-order valence-corrected chi connectivity index (χ1v) is 7.16. The second kappa shape index (κ2) is 153. The first-order valence-electron chi connectivity index (χ1n) is 7.16. The van der Waals surface area contributed by atoms with Crippen LogP contribution in [0.25, 0.3) is 0 Å². The van der Waals surface area contributed by atoms with Crippen LogP contribution in [0.1, 0.15) is 48.5 Å². The predicted octanol–water partition coefficient (Wildman–Crippen LogP) is -0.00980. The summed E-state index contributed by atoms with van der Waals surface area (Å²) in [7, 11) is 0. The van der Waals surface area contributed by atoms with Crippen molar-refractivity contribution in [3.8, 4) is 0 Å². The monoisotopic (exact) mass is 322 g/mol. The van der Waals surface area contributed by atoms with Crippen molar-refractivity contribution in [3.05, 3.63) is 0 Å². The number of hydrogen-bond acceptors (Lipinski definition) is 7. The van der Waals surface area contributed by atoms with Gasteiger partial charge in [-0.05, 0) is 48.5 Å². The van der Waals surface area contributed by atoms with Crippen LogP contribution in [0.2, 0.25) is 0 Å². The molecule has 0 aromatic carbocycles. The quantitative estimate of drug-likeness (QED) is 0.332. The van der Waals surface area contributed by atoms with E-state index in [4.69, 9.17) is 35.7 Å². The summed E-state index contributed by atoms with van der Waals surface area (Å²) in [4.78, 5) is 0. The van der Waals surface area contributed by atoms with Crippen molar-refractivity contribution >= 4 is 0 Å². The summed E-state index contributed by atoms with van der Waals surface area (Å²) in [6.07, 6.45) is 0. The van der Waals surface area contributed by atoms with Gasteiger partial charge in [-0.2, -0.15) is 0 Å². The van der Waals surface area contributed by atoms with Crippen LogP contribution in [0.15, 0.2) is 0 Å². The third kappa shape index (κ3) is 79000. The van der Waals surface area contributed by atoms with E-state index in [1.807, 2.05) is 0 Å². The van der Waals surface area contributed by atoms with Gasteiger partial charge >= 0.3 is 0 Å². The smallest absolute Gasteiger partial charge is 0.0402 e. The van der Waals surface area contributed by atoms with E-state index >= 15 is 0 Å². The molecule has 0 unspecified atom stereocenters. The maximum Gasteiger partial charge on any atom is 0.0402 e. The van der Waals surface area contributed by atoms with Gasteiger partial charge in [0.05, 0.1) is 0 Å². The number of aliphatic hydroxyl groups is 7. The lowest BCUT2D eigenvalue weighted by Crippen LogP contribution is -1.57. The molecule has 0 radical (unpaired) electrons. The molecule has 0 aliphatic heterocycles. The lowest BCUT2D eigenvalue weighted by Gasteiger charge is -1.52. The highest BCUT2D eigenvalue weighted by Crippen LogP contribution is 1.31. The first-order chi connectivity index (χ1) is 9.90. The van der Waals surface area contributed by atoms with Crippen molar-refractivity contribution in [1.82, 2.24) is 0 Å². The summed E-state index contributed by atoms with van der Waals surface area (Å²) in [6, 6.07) is 0. The number of rotatable bonds is 0. The van der Waals surface area contributed by atoms with Gasteiger partial charge in [0.2, 0.25) is 0 Å². The Kier molecular flexibility index (Phi) is 312. The number of hydrogen-bond donors (Lipinski definition) is 7. The molecule has 0 heterocycles. The minimum absolute atomic E-state index is 0.250. The van der Waals surface area contributed by atoms with Crippen molar-refractivity contribution in [2.45, 2.75) is 48.5 Å². The Balaban J connectivity index is -0.0000000218. The lowest BCUT2D eigenvalue weighted by atomic mass is 10.9. The van der Waals surface area contributed by atoms with E-state index in [-0.39, 0.29) is 46.2 Å². The SMILES string of the molecule is CCO.CCO.CCO.CCO.CCO.CCO.CCO. The molecule has 0 spiro atoms. The molecular weight excluding hydrogens is 280 g/mol. The van der Waals surface area contributed by atoms with Gasteiger partial charge in [0.1, 0.15) is 0 Å². The Labute approximate surface area is 131 Å². The van der Waals surface area contributed by atoms with Crippen LogP contribution in [0.3, 0.4) is 0 Å².